The lowest BCUT2D eigenvalue weighted by molar-refractivity contribution is -0.315. The van der Waals surface area contributed by atoms with Crippen LogP contribution in [0, 0.1) is 0 Å². The fourth-order valence-corrected chi connectivity index (χ4v) is 8.03. The number of aromatic hydroxyl groups is 1. The molecule has 6 rings (SSSR count). The number of rotatable bonds is 16. The van der Waals surface area contributed by atoms with Crippen molar-refractivity contribution in [2.24, 2.45) is 10.7 Å². The summed E-state index contributed by atoms with van der Waals surface area (Å²) in [6.07, 6.45) is -3.84. The molecule has 1 aromatic heterocycles. The summed E-state index contributed by atoms with van der Waals surface area (Å²) in [4.78, 5) is 63.0. The van der Waals surface area contributed by atoms with Gasteiger partial charge in [0.15, 0.2) is 11.7 Å². The molecule has 3 heterocycles. The smallest absolute Gasteiger partial charge is 0.253 e. The number of phenolic OH excluding ortho intramolecular Hbond substituents is 1. The van der Waals surface area contributed by atoms with Crippen LogP contribution in [0.15, 0.2) is 47.6 Å². The first kappa shape index (κ1) is 44.5. The molecule has 61 heavy (non-hydrogen) atoms. The molecule has 2 aromatic carbocycles. The molecule has 3 aromatic rings. The number of ether oxygens (including phenoxy) is 3. The first-order valence-corrected chi connectivity index (χ1v) is 19.3. The third kappa shape index (κ3) is 8.38. The number of imide groups is 1. The Bertz CT molecular complexity index is 2260. The van der Waals surface area contributed by atoms with Gasteiger partial charge in [0, 0.05) is 79.3 Å². The van der Waals surface area contributed by atoms with Gasteiger partial charge in [-0.25, -0.2) is 4.98 Å². The van der Waals surface area contributed by atoms with Crippen LogP contribution in [0.3, 0.4) is 0 Å². The number of phenols is 1. The van der Waals surface area contributed by atoms with Gasteiger partial charge in [-0.1, -0.05) is 0 Å². The summed E-state index contributed by atoms with van der Waals surface area (Å²) in [6.45, 7) is -2.29. The number of pyridine rings is 1. The van der Waals surface area contributed by atoms with Gasteiger partial charge in [0.1, 0.15) is 47.0 Å². The monoisotopic (exact) mass is 848 g/mol. The number of nitrogens with zero attached hydrogens (tertiary/aromatic N) is 3. The number of guanidine groups is 1. The van der Waals surface area contributed by atoms with Crippen molar-refractivity contribution in [1.29, 1.82) is 0 Å². The van der Waals surface area contributed by atoms with Gasteiger partial charge >= 0.3 is 0 Å². The number of aliphatic imine (C=N–C) groups is 1. The van der Waals surface area contributed by atoms with Crippen LogP contribution in [0.2, 0.25) is 0 Å². The number of hydrogen-bond acceptors (Lipinski definition) is 17. The Labute approximate surface area is 348 Å². The number of anilines is 1. The van der Waals surface area contributed by atoms with Crippen LogP contribution < -0.4 is 26.3 Å². The van der Waals surface area contributed by atoms with E-state index in [1.54, 1.807) is 0 Å². The van der Waals surface area contributed by atoms with Crippen molar-refractivity contribution in [2.45, 2.75) is 75.0 Å². The number of unbranched alkanes of at least 4 members (excludes halogenated alkanes) is 1. The predicted octanol–water partition coefficient (Wildman–Crippen LogP) is -1.36. The average molecular weight is 849 g/mol. The Hall–Kier alpha value is -6.00. The number of nitrogens with two attached hydrogens (primary N) is 2. The van der Waals surface area contributed by atoms with E-state index >= 15 is 0 Å². The highest BCUT2D eigenvalue weighted by Gasteiger charge is 2.57. The normalized spacial score (nSPS) is 23.0. The number of carbonyl (C=O) groups is 4. The summed E-state index contributed by atoms with van der Waals surface area (Å²) in [7, 11) is 2.67. The summed E-state index contributed by atoms with van der Waals surface area (Å²) in [5.74, 6) is -5.00. The van der Waals surface area contributed by atoms with Crippen molar-refractivity contribution in [3.63, 3.8) is 0 Å². The number of amides is 2. The van der Waals surface area contributed by atoms with Gasteiger partial charge in [0.05, 0.1) is 31.5 Å². The van der Waals surface area contributed by atoms with Crippen LogP contribution in [0.25, 0.3) is 0 Å². The summed E-state index contributed by atoms with van der Waals surface area (Å²) in [6, 6.07) is 5.54. The fourth-order valence-electron chi connectivity index (χ4n) is 8.03. The summed E-state index contributed by atoms with van der Waals surface area (Å²) < 4.78 is 17.5. The fraction of sp³-hybridized carbons (Fsp3) is 0.415. The second-order valence-electron chi connectivity index (χ2n) is 14.8. The van der Waals surface area contributed by atoms with Crippen LogP contribution in [-0.4, -0.2) is 139 Å². The zero-order chi connectivity index (χ0) is 44.3. The molecule has 6 unspecified atom stereocenters. The first-order valence-electron chi connectivity index (χ1n) is 19.3. The number of ketones is 2. The second kappa shape index (κ2) is 18.3. The summed E-state index contributed by atoms with van der Waals surface area (Å²) >= 11 is 0. The van der Waals surface area contributed by atoms with E-state index in [1.807, 2.05) is 0 Å². The van der Waals surface area contributed by atoms with Gasteiger partial charge in [-0.3, -0.25) is 29.1 Å². The van der Waals surface area contributed by atoms with Crippen LogP contribution in [0.5, 0.6) is 17.2 Å². The molecule has 2 aliphatic heterocycles. The lowest BCUT2D eigenvalue weighted by Crippen LogP contribution is -2.68. The molecule has 12 N–H and O–H groups in total. The number of carbonyl (C=O) groups excluding carboxylic acids is 4. The quantitative estimate of drug-likeness (QED) is 0.0269. The molecule has 0 bridgehead atoms. The number of nitrogen functional groups attached to an aromatic ring is 1. The molecule has 20 heteroatoms. The van der Waals surface area contributed by atoms with E-state index in [2.05, 4.69) is 15.3 Å². The zero-order valence-corrected chi connectivity index (χ0v) is 33.3. The highest BCUT2D eigenvalue weighted by atomic mass is 16.7. The Morgan fingerprint density at radius 3 is 2.36 bits per heavy atom. The van der Waals surface area contributed by atoms with E-state index in [4.69, 9.17) is 25.7 Å². The number of aliphatic hydroxyl groups excluding tert-OH is 5. The minimum absolute atomic E-state index is 0.0227. The van der Waals surface area contributed by atoms with E-state index in [0.29, 0.717) is 24.0 Å². The summed E-state index contributed by atoms with van der Waals surface area (Å²) in [5, 5.41) is 80.4. The largest absolute Gasteiger partial charge is 0.507 e. The number of benzene rings is 2. The molecule has 1 saturated heterocycles. The van der Waals surface area contributed by atoms with Crippen molar-refractivity contribution in [3.8, 4) is 17.2 Å². The predicted molar refractivity (Wildman–Crippen MR) is 214 cm³/mol. The first-order chi connectivity index (χ1) is 29.1. The lowest BCUT2D eigenvalue weighted by atomic mass is 9.75. The molecular weight excluding hydrogens is 800 g/mol. The summed E-state index contributed by atoms with van der Waals surface area (Å²) in [5.41, 5.74) is 8.84. The highest BCUT2D eigenvalue weighted by Crippen LogP contribution is 2.46. The van der Waals surface area contributed by atoms with Gasteiger partial charge in [-0.2, -0.15) is 0 Å². The van der Waals surface area contributed by atoms with E-state index in [-0.39, 0.29) is 65.9 Å². The number of aliphatic hydroxyl groups is 6. The molecule has 1 aliphatic carbocycles. The maximum atomic E-state index is 14.6. The van der Waals surface area contributed by atoms with E-state index < -0.39 is 102 Å². The van der Waals surface area contributed by atoms with Crippen molar-refractivity contribution >= 4 is 35.2 Å². The minimum Gasteiger partial charge on any atom is -0.507 e. The highest BCUT2D eigenvalue weighted by molar-refractivity contribution is 6.31. The van der Waals surface area contributed by atoms with Crippen LogP contribution in [0.1, 0.15) is 79.3 Å². The molecule has 0 saturated carbocycles. The molecule has 2 amide bonds. The van der Waals surface area contributed by atoms with Crippen molar-refractivity contribution in [3.05, 3.63) is 87.1 Å². The zero-order valence-electron chi connectivity index (χ0n) is 33.3. The number of nitrogens with one attached hydrogen (secondary N) is 1. The number of methoxy groups -OCH3 is 1. The third-order valence-corrected chi connectivity index (χ3v) is 11.2. The molecule has 326 valence electrons. The Kier molecular flexibility index (Phi) is 13.4. The molecule has 20 nitrogen and oxygen atoms in total. The van der Waals surface area contributed by atoms with Crippen molar-refractivity contribution < 1.29 is 69.1 Å². The lowest BCUT2D eigenvalue weighted by Gasteiger charge is -2.49. The Morgan fingerprint density at radius 2 is 1.74 bits per heavy atom. The molecule has 0 radical (unpaired) electrons. The van der Waals surface area contributed by atoms with Gasteiger partial charge in [-0.15, -0.1) is 0 Å². The average Bonchev–Trinajstić information content (AvgIpc) is 3.56. The van der Waals surface area contributed by atoms with Crippen molar-refractivity contribution in [1.82, 2.24) is 15.2 Å². The van der Waals surface area contributed by atoms with Crippen LogP contribution >= 0.6 is 0 Å². The van der Waals surface area contributed by atoms with E-state index in [1.165, 1.54) is 38.6 Å². The van der Waals surface area contributed by atoms with E-state index in [9.17, 15) is 54.9 Å². The number of aryl methyl sites for hydroxylation is 1. The number of aromatic nitrogens is 1. The van der Waals surface area contributed by atoms with Gasteiger partial charge in [0.25, 0.3) is 11.8 Å². The maximum absolute atomic E-state index is 14.6. The Balaban J connectivity index is 1.39. The standard InChI is InChI=1S/C41H48N6O14/c1-44-40(43)46-15-23-20(5-3-4-10-48)11-22-32(35(23)54)36(55)33-26(13-25(59-2)24(17-49)31(33)34(22)53)60-39-37(56)38(57)41(58,27(18-50)61-39)14-21(19-8-9-45-28(42)12-19)16-47-29(51)6-7-30(47)52/h6-9,11-13,21,27,37-39,48-50,54,56-58H,3-5,10,14-18H2,1-2H3,(H2,42,45)(H3,43,44,46). The van der Waals surface area contributed by atoms with E-state index in [0.717, 1.165) is 23.1 Å². The van der Waals surface area contributed by atoms with Gasteiger partial charge < -0.3 is 66.7 Å². The van der Waals surface area contributed by atoms with Crippen LogP contribution in [0.4, 0.5) is 5.82 Å². The minimum atomic E-state index is -2.49. The van der Waals surface area contributed by atoms with Crippen molar-refractivity contribution in [2.75, 3.05) is 39.6 Å². The molecular formula is C41H48N6O14. The third-order valence-electron chi connectivity index (χ3n) is 11.2. The van der Waals surface area contributed by atoms with Gasteiger partial charge in [-0.05, 0) is 55.0 Å². The van der Waals surface area contributed by atoms with Crippen LogP contribution in [-0.2, 0) is 33.9 Å². The Morgan fingerprint density at radius 1 is 1.02 bits per heavy atom. The molecule has 0 spiro atoms. The topological polar surface area (TPSA) is 330 Å². The SMILES string of the molecule is CN=C(N)NCc1c(CCCCO)cc2c(c1O)C(=O)c1c(OC3OC(CO)C(O)(CC(CN4C(=O)C=CC4=O)c4ccnc(N)c4)C(O)C3O)cc(OC)c(CO)c1C2=O. The number of fused-ring (bicyclic) bond motifs is 2. The molecule has 1 fully saturated rings. The molecule has 6 atom stereocenters. The second-order valence-corrected chi connectivity index (χ2v) is 14.8. The maximum Gasteiger partial charge on any atom is 0.253 e. The van der Waals surface area contributed by atoms with Gasteiger partial charge in [0.2, 0.25) is 12.1 Å². The number of hydrogen-bond donors (Lipinski definition) is 10. The molecule has 3 aliphatic rings.